The number of nitrogens with zero attached hydrogens (tertiary/aromatic N) is 3. The third-order valence-corrected chi connectivity index (χ3v) is 7.95. The summed E-state index contributed by atoms with van der Waals surface area (Å²) in [5.74, 6) is 0.119. The fourth-order valence-electron chi connectivity index (χ4n) is 5.91. The van der Waals surface area contributed by atoms with Crippen LogP contribution in [-0.2, 0) is 4.74 Å². The standard InChI is InChI=1S/C26H39FN4O4/c1-25(2,3)35-24(32)28-20-17-26(18-20)9-14-29(15-10-26)11-6-19-7-12-30(13-8-19)23-5-4-21(31(33)34)16-22(23)27/h4-5,16,19-20H,6-15,17-18H2,1-3H3,(H,28,32). The molecule has 3 fully saturated rings. The number of ether oxygens (including phenoxy) is 1. The summed E-state index contributed by atoms with van der Waals surface area (Å²) < 4.78 is 19.7. The van der Waals surface area contributed by atoms with Crippen LogP contribution >= 0.6 is 0 Å². The highest BCUT2D eigenvalue weighted by Crippen LogP contribution is 2.49. The van der Waals surface area contributed by atoms with Gasteiger partial charge < -0.3 is 19.9 Å². The van der Waals surface area contributed by atoms with Gasteiger partial charge in [0.25, 0.3) is 5.69 Å². The number of nitro benzene ring substituents is 1. The molecule has 8 nitrogen and oxygen atoms in total. The average Bonchev–Trinajstić information content (AvgIpc) is 2.76. The molecule has 3 aliphatic rings. The molecule has 0 atom stereocenters. The highest BCUT2D eigenvalue weighted by Gasteiger charge is 2.46. The van der Waals surface area contributed by atoms with Gasteiger partial charge in [0.15, 0.2) is 5.82 Å². The van der Waals surface area contributed by atoms with Crippen molar-refractivity contribution >= 4 is 17.5 Å². The number of nitrogens with one attached hydrogen (secondary N) is 1. The maximum absolute atomic E-state index is 14.4. The number of carbonyl (C=O) groups excluding carboxylic acids is 1. The molecule has 1 aromatic rings. The van der Waals surface area contributed by atoms with Crippen LogP contribution in [0.25, 0.3) is 0 Å². The van der Waals surface area contributed by atoms with E-state index in [0.29, 0.717) is 17.0 Å². The average molecular weight is 491 g/mol. The van der Waals surface area contributed by atoms with Crippen LogP contribution < -0.4 is 10.2 Å². The molecular weight excluding hydrogens is 451 g/mol. The Balaban J connectivity index is 1.13. The Morgan fingerprint density at radius 1 is 1.20 bits per heavy atom. The van der Waals surface area contributed by atoms with Gasteiger partial charge in [0, 0.05) is 25.2 Å². The molecule has 2 heterocycles. The molecule has 2 aliphatic heterocycles. The van der Waals surface area contributed by atoms with Crippen molar-refractivity contribution in [2.24, 2.45) is 11.3 Å². The van der Waals surface area contributed by atoms with Crippen LogP contribution in [0.4, 0.5) is 20.6 Å². The van der Waals surface area contributed by atoms with Gasteiger partial charge in [-0.25, -0.2) is 9.18 Å². The van der Waals surface area contributed by atoms with E-state index in [1.807, 2.05) is 25.7 Å². The lowest BCUT2D eigenvalue weighted by Crippen LogP contribution is -2.55. The summed E-state index contributed by atoms with van der Waals surface area (Å²) in [6.45, 7) is 10.6. The largest absolute Gasteiger partial charge is 0.444 e. The first-order valence-corrected chi connectivity index (χ1v) is 12.9. The summed E-state index contributed by atoms with van der Waals surface area (Å²) in [6, 6.07) is 4.17. The normalized spacial score (nSPS) is 21.5. The van der Waals surface area contributed by atoms with Crippen LogP contribution in [0.15, 0.2) is 18.2 Å². The molecule has 194 valence electrons. The molecule has 1 aliphatic carbocycles. The van der Waals surface area contributed by atoms with Gasteiger partial charge in [0.2, 0.25) is 0 Å². The van der Waals surface area contributed by atoms with E-state index in [1.54, 1.807) is 0 Å². The quantitative estimate of drug-likeness (QED) is 0.440. The van der Waals surface area contributed by atoms with E-state index >= 15 is 0 Å². The molecule has 9 heteroatoms. The van der Waals surface area contributed by atoms with Gasteiger partial charge in [0.1, 0.15) is 5.60 Å². The van der Waals surface area contributed by atoms with E-state index in [1.165, 1.54) is 25.0 Å². The zero-order chi connectivity index (χ0) is 25.2. The summed E-state index contributed by atoms with van der Waals surface area (Å²) in [5.41, 5.74) is 0.182. The molecule has 35 heavy (non-hydrogen) atoms. The number of hydrogen-bond acceptors (Lipinski definition) is 6. The lowest BCUT2D eigenvalue weighted by Gasteiger charge is -2.52. The van der Waals surface area contributed by atoms with Gasteiger partial charge in [-0.3, -0.25) is 10.1 Å². The first-order chi connectivity index (χ1) is 16.5. The molecule has 0 unspecified atom stereocenters. The third-order valence-electron chi connectivity index (χ3n) is 7.95. The number of hydrogen-bond donors (Lipinski definition) is 1. The van der Waals surface area contributed by atoms with Crippen LogP contribution in [0.5, 0.6) is 0 Å². The second-order valence-corrected chi connectivity index (χ2v) is 11.7. The lowest BCUT2D eigenvalue weighted by atomic mass is 9.60. The molecule has 1 aromatic carbocycles. The molecule has 1 amide bonds. The highest BCUT2D eigenvalue weighted by molar-refractivity contribution is 5.68. The Morgan fingerprint density at radius 3 is 2.43 bits per heavy atom. The number of alkyl carbamates (subject to hydrolysis) is 1. The van der Waals surface area contributed by atoms with E-state index in [-0.39, 0.29) is 17.8 Å². The number of likely N-dealkylation sites (tertiary alicyclic amines) is 1. The zero-order valence-electron chi connectivity index (χ0n) is 21.2. The van der Waals surface area contributed by atoms with Crippen molar-refractivity contribution in [3.8, 4) is 0 Å². The fourth-order valence-corrected chi connectivity index (χ4v) is 5.91. The minimum absolute atomic E-state index is 0.207. The molecule has 0 aromatic heterocycles. The van der Waals surface area contributed by atoms with Crippen LogP contribution in [0.2, 0.25) is 0 Å². The number of carbonyl (C=O) groups is 1. The van der Waals surface area contributed by atoms with Crippen molar-refractivity contribution in [2.45, 2.75) is 77.4 Å². The fraction of sp³-hybridized carbons (Fsp3) is 0.731. The topological polar surface area (TPSA) is 88.0 Å². The highest BCUT2D eigenvalue weighted by atomic mass is 19.1. The number of anilines is 1. The van der Waals surface area contributed by atoms with Crippen LogP contribution in [0.1, 0.15) is 65.7 Å². The van der Waals surface area contributed by atoms with Crippen LogP contribution in [0.3, 0.4) is 0 Å². The second kappa shape index (κ2) is 10.3. The monoisotopic (exact) mass is 490 g/mol. The Labute approximate surface area is 207 Å². The predicted octanol–water partition coefficient (Wildman–Crippen LogP) is 5.11. The second-order valence-electron chi connectivity index (χ2n) is 11.7. The van der Waals surface area contributed by atoms with Crippen molar-refractivity contribution in [2.75, 3.05) is 37.6 Å². The summed E-state index contributed by atoms with van der Waals surface area (Å²) in [6.07, 6.45) is 7.38. The van der Waals surface area contributed by atoms with E-state index < -0.39 is 16.3 Å². The van der Waals surface area contributed by atoms with Gasteiger partial charge in [-0.2, -0.15) is 0 Å². The van der Waals surface area contributed by atoms with Gasteiger partial charge in [-0.05, 0) is 103 Å². The number of benzene rings is 1. The van der Waals surface area contributed by atoms with Gasteiger partial charge in [0.05, 0.1) is 16.7 Å². The van der Waals surface area contributed by atoms with E-state index in [0.717, 1.165) is 70.9 Å². The van der Waals surface area contributed by atoms with Crippen molar-refractivity contribution < 1.29 is 18.8 Å². The SMILES string of the molecule is CC(C)(C)OC(=O)NC1CC2(CCN(CCC3CCN(c4ccc([N+](=O)[O-])cc4F)CC3)CC2)C1. The molecule has 1 saturated carbocycles. The lowest BCUT2D eigenvalue weighted by molar-refractivity contribution is -0.385. The van der Waals surface area contributed by atoms with Crippen LogP contribution in [0, 0.1) is 27.3 Å². The molecule has 1 N–H and O–H groups in total. The zero-order valence-corrected chi connectivity index (χ0v) is 21.2. The number of nitro groups is 1. The van der Waals surface area contributed by atoms with E-state index in [4.69, 9.17) is 4.74 Å². The maximum atomic E-state index is 14.4. The van der Waals surface area contributed by atoms with Crippen molar-refractivity contribution in [1.82, 2.24) is 10.2 Å². The molecular formula is C26H39FN4O4. The molecule has 0 bridgehead atoms. The molecule has 0 radical (unpaired) electrons. The number of halogens is 1. The minimum Gasteiger partial charge on any atom is -0.444 e. The van der Waals surface area contributed by atoms with E-state index in [2.05, 4.69) is 10.2 Å². The Hall–Kier alpha value is -2.42. The van der Waals surface area contributed by atoms with E-state index in [9.17, 15) is 19.3 Å². The molecule has 4 rings (SSSR count). The van der Waals surface area contributed by atoms with Crippen molar-refractivity contribution in [3.05, 3.63) is 34.1 Å². The van der Waals surface area contributed by atoms with Gasteiger partial charge in [-0.15, -0.1) is 0 Å². The summed E-state index contributed by atoms with van der Waals surface area (Å²) in [5, 5.41) is 13.9. The van der Waals surface area contributed by atoms with Crippen LogP contribution in [-0.4, -0.2) is 60.3 Å². The number of rotatable bonds is 6. The summed E-state index contributed by atoms with van der Waals surface area (Å²) in [7, 11) is 0. The Bertz CT molecular complexity index is 910. The summed E-state index contributed by atoms with van der Waals surface area (Å²) >= 11 is 0. The third kappa shape index (κ3) is 6.63. The minimum atomic E-state index is -0.564. The molecule has 1 spiro atoms. The summed E-state index contributed by atoms with van der Waals surface area (Å²) in [4.78, 5) is 26.8. The first kappa shape index (κ1) is 25.7. The maximum Gasteiger partial charge on any atom is 0.407 e. The predicted molar refractivity (Wildman–Crippen MR) is 133 cm³/mol. The smallest absolute Gasteiger partial charge is 0.407 e. The Morgan fingerprint density at radius 2 is 1.86 bits per heavy atom. The number of amides is 1. The Kier molecular flexibility index (Phi) is 7.54. The van der Waals surface area contributed by atoms with Crippen molar-refractivity contribution in [1.29, 1.82) is 0 Å². The number of piperidine rings is 2. The number of non-ortho nitro benzene ring substituents is 1. The first-order valence-electron chi connectivity index (χ1n) is 12.9. The molecule has 2 saturated heterocycles. The van der Waals surface area contributed by atoms with Crippen molar-refractivity contribution in [3.63, 3.8) is 0 Å². The van der Waals surface area contributed by atoms with Gasteiger partial charge in [-0.1, -0.05) is 0 Å². The van der Waals surface area contributed by atoms with Gasteiger partial charge >= 0.3 is 6.09 Å².